The van der Waals surface area contributed by atoms with E-state index < -0.39 is 0 Å². The molecule has 0 aliphatic carbocycles. The first-order valence-corrected chi connectivity index (χ1v) is 7.62. The van der Waals surface area contributed by atoms with Crippen LogP contribution in [0.4, 0.5) is 0 Å². The van der Waals surface area contributed by atoms with Gasteiger partial charge in [-0.15, -0.1) is 11.8 Å². The zero-order valence-corrected chi connectivity index (χ0v) is 12.3. The molecule has 1 aliphatic heterocycles. The van der Waals surface area contributed by atoms with E-state index in [9.17, 15) is 9.90 Å². The highest BCUT2D eigenvalue weighted by molar-refractivity contribution is 7.98. The van der Waals surface area contributed by atoms with Crippen molar-refractivity contribution in [3.05, 3.63) is 17.1 Å². The van der Waals surface area contributed by atoms with Crippen LogP contribution >= 0.6 is 11.8 Å². The molecule has 0 spiro atoms. The smallest absolute Gasteiger partial charge is 0.258 e. The summed E-state index contributed by atoms with van der Waals surface area (Å²) in [5, 5.41) is 10.1. The number of carbonyl (C=O) groups excluding carboxylic acids is 1. The third-order valence-corrected chi connectivity index (χ3v) is 4.11. The molecule has 104 valence electrons. The minimum Gasteiger partial charge on any atom is -0.394 e. The van der Waals surface area contributed by atoms with Crippen molar-refractivity contribution in [1.82, 2.24) is 14.9 Å². The Labute approximate surface area is 117 Å². The van der Waals surface area contributed by atoms with Gasteiger partial charge in [0.25, 0.3) is 5.91 Å². The van der Waals surface area contributed by atoms with Crippen LogP contribution in [0, 0.1) is 13.8 Å². The van der Waals surface area contributed by atoms with E-state index in [2.05, 4.69) is 9.97 Å². The number of amides is 1. The predicted octanol–water partition coefficient (Wildman–Crippen LogP) is 1.41. The molecule has 0 saturated carbocycles. The summed E-state index contributed by atoms with van der Waals surface area (Å²) in [6.07, 6.45) is 3.71. The molecule has 0 aromatic carbocycles. The highest BCUT2D eigenvalue weighted by atomic mass is 32.2. The van der Waals surface area contributed by atoms with Crippen molar-refractivity contribution in [1.29, 1.82) is 0 Å². The maximum absolute atomic E-state index is 12.6. The lowest BCUT2D eigenvalue weighted by Crippen LogP contribution is -2.38. The Morgan fingerprint density at radius 2 is 2.21 bits per heavy atom. The maximum atomic E-state index is 12.6. The summed E-state index contributed by atoms with van der Waals surface area (Å²) in [5.74, 6) is 0.622. The lowest BCUT2D eigenvalue weighted by atomic mass is 10.2. The number of aromatic nitrogens is 2. The molecule has 1 saturated heterocycles. The Morgan fingerprint density at radius 3 is 2.84 bits per heavy atom. The van der Waals surface area contributed by atoms with Crippen molar-refractivity contribution in [3.63, 3.8) is 0 Å². The molecular formula is C13H19N3O2S. The summed E-state index contributed by atoms with van der Waals surface area (Å²) in [5.41, 5.74) is 1.30. The van der Waals surface area contributed by atoms with Gasteiger partial charge >= 0.3 is 0 Å². The Kier molecular flexibility index (Phi) is 4.42. The normalized spacial score (nSPS) is 18.9. The molecule has 6 heteroatoms. The van der Waals surface area contributed by atoms with Gasteiger partial charge in [0.05, 0.1) is 23.9 Å². The van der Waals surface area contributed by atoms with E-state index in [0.717, 1.165) is 17.9 Å². The van der Waals surface area contributed by atoms with Gasteiger partial charge in [0.2, 0.25) is 0 Å². The summed E-state index contributed by atoms with van der Waals surface area (Å²) >= 11 is 1.46. The summed E-state index contributed by atoms with van der Waals surface area (Å²) in [6, 6.07) is -0.0668. The molecule has 0 radical (unpaired) electrons. The summed E-state index contributed by atoms with van der Waals surface area (Å²) in [7, 11) is 0. The van der Waals surface area contributed by atoms with Crippen molar-refractivity contribution in [2.45, 2.75) is 37.8 Å². The minimum absolute atomic E-state index is 0.0199. The highest BCUT2D eigenvalue weighted by Gasteiger charge is 2.31. The monoisotopic (exact) mass is 281 g/mol. The number of hydrogen-bond donors (Lipinski definition) is 1. The van der Waals surface area contributed by atoms with E-state index >= 15 is 0 Å². The molecule has 5 nitrogen and oxygen atoms in total. The van der Waals surface area contributed by atoms with Gasteiger partial charge < -0.3 is 10.0 Å². The lowest BCUT2D eigenvalue weighted by Gasteiger charge is -2.24. The van der Waals surface area contributed by atoms with E-state index in [0.29, 0.717) is 23.6 Å². The molecule has 1 aromatic heterocycles. The van der Waals surface area contributed by atoms with Gasteiger partial charge in [-0.05, 0) is 32.9 Å². The van der Waals surface area contributed by atoms with Crippen LogP contribution in [-0.4, -0.2) is 51.3 Å². The Morgan fingerprint density at radius 1 is 1.47 bits per heavy atom. The number of aryl methyl sites for hydroxylation is 2. The van der Waals surface area contributed by atoms with Crippen molar-refractivity contribution >= 4 is 17.7 Å². The van der Waals surface area contributed by atoms with Crippen LogP contribution in [0.3, 0.4) is 0 Å². The molecule has 1 aliphatic rings. The fourth-order valence-corrected chi connectivity index (χ4v) is 3.17. The van der Waals surface area contributed by atoms with E-state index in [4.69, 9.17) is 0 Å². The average molecular weight is 281 g/mol. The Hall–Kier alpha value is -1.14. The second-order valence-electron chi connectivity index (χ2n) is 4.72. The van der Waals surface area contributed by atoms with Crippen molar-refractivity contribution in [2.75, 3.05) is 19.4 Å². The second-order valence-corrected chi connectivity index (χ2v) is 5.51. The maximum Gasteiger partial charge on any atom is 0.258 e. The fourth-order valence-electron chi connectivity index (χ4n) is 2.51. The molecule has 1 fully saturated rings. The Balaban J connectivity index is 2.38. The molecule has 1 atom stereocenters. The third-order valence-electron chi connectivity index (χ3n) is 3.42. The molecular weight excluding hydrogens is 262 g/mol. The quantitative estimate of drug-likeness (QED) is 0.670. The highest BCUT2D eigenvalue weighted by Crippen LogP contribution is 2.26. The SMILES string of the molecule is CSc1nc(C)nc(C)c1C(=O)N1CCC[C@@H]1CO. The van der Waals surface area contributed by atoms with E-state index in [1.807, 2.05) is 20.1 Å². The zero-order valence-electron chi connectivity index (χ0n) is 11.5. The largest absolute Gasteiger partial charge is 0.394 e. The molecule has 1 N–H and O–H groups in total. The standard InChI is InChI=1S/C13H19N3O2S/c1-8-11(12(19-3)15-9(2)14-8)13(18)16-6-4-5-10(16)7-17/h10,17H,4-7H2,1-3H3/t10-/m1/s1. The summed E-state index contributed by atoms with van der Waals surface area (Å²) in [4.78, 5) is 23.0. The topological polar surface area (TPSA) is 66.3 Å². The van der Waals surface area contributed by atoms with E-state index in [1.54, 1.807) is 4.90 Å². The number of nitrogens with zero attached hydrogens (tertiary/aromatic N) is 3. The van der Waals surface area contributed by atoms with Gasteiger partial charge in [0, 0.05) is 6.54 Å². The third kappa shape index (κ3) is 2.74. The van der Waals surface area contributed by atoms with Crippen molar-refractivity contribution in [3.8, 4) is 0 Å². The first kappa shape index (κ1) is 14.3. The fraction of sp³-hybridized carbons (Fsp3) is 0.615. The first-order valence-electron chi connectivity index (χ1n) is 6.39. The van der Waals surface area contributed by atoms with Gasteiger partial charge in [-0.3, -0.25) is 4.79 Å². The van der Waals surface area contributed by atoms with E-state index in [1.165, 1.54) is 11.8 Å². The predicted molar refractivity (Wildman–Crippen MR) is 74.4 cm³/mol. The molecule has 1 amide bonds. The van der Waals surface area contributed by atoms with E-state index in [-0.39, 0.29) is 18.6 Å². The molecule has 1 aromatic rings. The number of rotatable bonds is 3. The number of thioether (sulfide) groups is 1. The molecule has 2 heterocycles. The van der Waals surface area contributed by atoms with Crippen molar-refractivity contribution < 1.29 is 9.90 Å². The Bertz CT molecular complexity index is 493. The molecule has 2 rings (SSSR count). The van der Waals surface area contributed by atoms with Gasteiger partial charge in [-0.1, -0.05) is 0 Å². The first-order chi connectivity index (χ1) is 9.08. The summed E-state index contributed by atoms with van der Waals surface area (Å²) < 4.78 is 0. The summed E-state index contributed by atoms with van der Waals surface area (Å²) in [6.45, 7) is 4.39. The van der Waals surface area contributed by atoms with Gasteiger partial charge in [-0.2, -0.15) is 0 Å². The average Bonchev–Trinajstić information content (AvgIpc) is 2.85. The van der Waals surface area contributed by atoms with Crippen LogP contribution in [0.2, 0.25) is 0 Å². The lowest BCUT2D eigenvalue weighted by molar-refractivity contribution is 0.0672. The second kappa shape index (κ2) is 5.88. The zero-order chi connectivity index (χ0) is 14.0. The van der Waals surface area contributed by atoms with Crippen LogP contribution in [-0.2, 0) is 0 Å². The molecule has 0 bridgehead atoms. The molecule has 19 heavy (non-hydrogen) atoms. The number of aliphatic hydroxyl groups is 1. The van der Waals surface area contributed by atoms with Crippen LogP contribution in [0.15, 0.2) is 5.03 Å². The van der Waals surface area contributed by atoms with Crippen LogP contribution in [0.25, 0.3) is 0 Å². The molecule has 0 unspecified atom stereocenters. The number of hydrogen-bond acceptors (Lipinski definition) is 5. The van der Waals surface area contributed by atoms with Gasteiger partial charge in [0.1, 0.15) is 10.9 Å². The van der Waals surface area contributed by atoms with Gasteiger partial charge in [0.15, 0.2) is 0 Å². The number of likely N-dealkylation sites (tertiary alicyclic amines) is 1. The van der Waals surface area contributed by atoms with Crippen molar-refractivity contribution in [2.24, 2.45) is 0 Å². The minimum atomic E-state index is -0.0668. The number of carbonyl (C=O) groups is 1. The van der Waals surface area contributed by atoms with Gasteiger partial charge in [-0.25, -0.2) is 9.97 Å². The van der Waals surface area contributed by atoms with Crippen LogP contribution in [0.5, 0.6) is 0 Å². The number of aliphatic hydroxyl groups excluding tert-OH is 1. The van der Waals surface area contributed by atoms with Crippen LogP contribution in [0.1, 0.15) is 34.7 Å². The van der Waals surface area contributed by atoms with Crippen LogP contribution < -0.4 is 0 Å².